The zero-order valence-electron chi connectivity index (χ0n) is 17.5. The smallest absolute Gasteiger partial charge is 0.261 e. The molecule has 1 atom stereocenters. The average molecular weight is 518 g/mol. The maximum atomic E-state index is 13.1. The summed E-state index contributed by atoms with van der Waals surface area (Å²) in [5.41, 5.74) is 0.748. The standard InChI is InChI=1S/C23H24Cl4N2O3/c1-14(23(31)28-17-4-2-3-5-17)29(12-15-6-8-18(25)19(26)10-15)22(30)13-32-21-9-7-16(24)11-20(21)27/h6-11,14,17H,2-5,12-13H2,1H3,(H,28,31). The molecule has 2 amide bonds. The highest BCUT2D eigenvalue weighted by atomic mass is 35.5. The lowest BCUT2D eigenvalue weighted by Crippen LogP contribution is -2.50. The Balaban J connectivity index is 1.75. The van der Waals surface area contributed by atoms with Crippen molar-refractivity contribution in [3.05, 3.63) is 62.1 Å². The normalized spacial score (nSPS) is 14.8. The van der Waals surface area contributed by atoms with Crippen molar-refractivity contribution in [3.8, 4) is 5.75 Å². The van der Waals surface area contributed by atoms with Gasteiger partial charge in [0, 0.05) is 17.6 Å². The molecule has 0 radical (unpaired) electrons. The van der Waals surface area contributed by atoms with Crippen molar-refractivity contribution in [2.75, 3.05) is 6.61 Å². The topological polar surface area (TPSA) is 58.6 Å². The van der Waals surface area contributed by atoms with Crippen molar-refractivity contribution in [1.29, 1.82) is 0 Å². The van der Waals surface area contributed by atoms with E-state index in [0.29, 0.717) is 25.8 Å². The molecule has 0 bridgehead atoms. The molecule has 9 heteroatoms. The van der Waals surface area contributed by atoms with E-state index in [2.05, 4.69) is 5.32 Å². The first-order chi connectivity index (χ1) is 15.2. The number of rotatable bonds is 8. The van der Waals surface area contributed by atoms with Crippen LogP contribution in [0.5, 0.6) is 5.75 Å². The Bertz CT molecular complexity index is 980. The Morgan fingerprint density at radius 1 is 1.03 bits per heavy atom. The third kappa shape index (κ3) is 6.67. The van der Waals surface area contributed by atoms with Gasteiger partial charge in [0.25, 0.3) is 5.91 Å². The number of carbonyl (C=O) groups is 2. The van der Waals surface area contributed by atoms with E-state index in [0.717, 1.165) is 31.2 Å². The van der Waals surface area contributed by atoms with Crippen LogP contribution in [0.25, 0.3) is 0 Å². The molecular formula is C23H24Cl4N2O3. The predicted octanol–water partition coefficient (Wildman–Crippen LogP) is 6.16. The van der Waals surface area contributed by atoms with E-state index in [-0.39, 0.29) is 31.0 Å². The molecular weight excluding hydrogens is 494 g/mol. The van der Waals surface area contributed by atoms with Gasteiger partial charge in [0.15, 0.2) is 6.61 Å². The van der Waals surface area contributed by atoms with Crippen LogP contribution in [0.15, 0.2) is 36.4 Å². The number of ether oxygens (including phenoxy) is 1. The molecule has 1 fully saturated rings. The van der Waals surface area contributed by atoms with E-state index in [1.165, 1.54) is 11.0 Å². The Morgan fingerprint density at radius 2 is 1.75 bits per heavy atom. The number of hydrogen-bond acceptors (Lipinski definition) is 3. The van der Waals surface area contributed by atoms with Crippen molar-refractivity contribution >= 4 is 58.2 Å². The summed E-state index contributed by atoms with van der Waals surface area (Å²) < 4.78 is 5.62. The molecule has 2 aromatic carbocycles. The van der Waals surface area contributed by atoms with Crippen LogP contribution >= 0.6 is 46.4 Å². The fourth-order valence-electron chi connectivity index (χ4n) is 3.62. The largest absolute Gasteiger partial charge is 0.482 e. The summed E-state index contributed by atoms with van der Waals surface area (Å²) in [7, 11) is 0. The quantitative estimate of drug-likeness (QED) is 0.456. The number of halogens is 4. The summed E-state index contributed by atoms with van der Waals surface area (Å²) in [6, 6.07) is 9.31. The van der Waals surface area contributed by atoms with E-state index in [9.17, 15) is 9.59 Å². The van der Waals surface area contributed by atoms with Crippen molar-refractivity contribution < 1.29 is 14.3 Å². The maximum Gasteiger partial charge on any atom is 0.261 e. The van der Waals surface area contributed by atoms with Crippen LogP contribution in [-0.4, -0.2) is 35.4 Å². The van der Waals surface area contributed by atoms with Gasteiger partial charge in [0.05, 0.1) is 15.1 Å². The lowest BCUT2D eigenvalue weighted by Gasteiger charge is -2.29. The van der Waals surface area contributed by atoms with Crippen LogP contribution in [0.3, 0.4) is 0 Å². The molecule has 0 aromatic heterocycles. The fraction of sp³-hybridized carbons (Fsp3) is 0.391. The zero-order chi connectivity index (χ0) is 23.3. The average Bonchev–Trinajstić information content (AvgIpc) is 3.26. The van der Waals surface area contributed by atoms with Crippen LogP contribution in [0.4, 0.5) is 0 Å². The number of benzene rings is 2. The molecule has 32 heavy (non-hydrogen) atoms. The van der Waals surface area contributed by atoms with Crippen molar-refractivity contribution in [2.45, 2.75) is 51.2 Å². The summed E-state index contributed by atoms with van der Waals surface area (Å²) in [6.07, 6.45) is 4.11. The first kappa shape index (κ1) is 25.0. The van der Waals surface area contributed by atoms with Crippen LogP contribution < -0.4 is 10.1 Å². The minimum atomic E-state index is -0.707. The SMILES string of the molecule is CC(C(=O)NC1CCCC1)N(Cc1ccc(Cl)c(Cl)c1)C(=O)COc1ccc(Cl)cc1Cl. The third-order valence-electron chi connectivity index (χ3n) is 5.45. The van der Waals surface area contributed by atoms with Crippen molar-refractivity contribution in [2.24, 2.45) is 0 Å². The lowest BCUT2D eigenvalue weighted by atomic mass is 10.1. The second kappa shape index (κ2) is 11.5. The summed E-state index contributed by atoms with van der Waals surface area (Å²) in [4.78, 5) is 27.5. The molecule has 1 aliphatic carbocycles. The molecule has 172 valence electrons. The molecule has 0 heterocycles. The highest BCUT2D eigenvalue weighted by Crippen LogP contribution is 2.28. The first-order valence-electron chi connectivity index (χ1n) is 10.4. The van der Waals surface area contributed by atoms with Crippen LogP contribution in [0.2, 0.25) is 20.1 Å². The van der Waals surface area contributed by atoms with Gasteiger partial charge in [0.2, 0.25) is 5.91 Å². The van der Waals surface area contributed by atoms with Gasteiger partial charge in [-0.25, -0.2) is 0 Å². The zero-order valence-corrected chi connectivity index (χ0v) is 20.6. The van der Waals surface area contributed by atoms with Gasteiger partial charge < -0.3 is 15.0 Å². The maximum absolute atomic E-state index is 13.1. The van der Waals surface area contributed by atoms with Gasteiger partial charge in [-0.3, -0.25) is 9.59 Å². The van der Waals surface area contributed by atoms with Gasteiger partial charge in [-0.15, -0.1) is 0 Å². The summed E-state index contributed by atoms with van der Waals surface area (Å²) in [6.45, 7) is 1.59. The Kier molecular flexibility index (Phi) is 8.95. The monoisotopic (exact) mass is 516 g/mol. The van der Waals surface area contributed by atoms with Gasteiger partial charge in [-0.1, -0.05) is 65.3 Å². The Labute approximate surface area is 207 Å². The first-order valence-corrected chi connectivity index (χ1v) is 11.9. The van der Waals surface area contributed by atoms with E-state index in [1.807, 2.05) is 0 Å². The highest BCUT2D eigenvalue weighted by molar-refractivity contribution is 6.42. The second-order valence-corrected chi connectivity index (χ2v) is 9.46. The minimum Gasteiger partial charge on any atom is -0.482 e. The van der Waals surface area contributed by atoms with Gasteiger partial charge >= 0.3 is 0 Å². The number of carbonyl (C=O) groups excluding carboxylic acids is 2. The van der Waals surface area contributed by atoms with Gasteiger partial charge in [0.1, 0.15) is 11.8 Å². The molecule has 0 aliphatic heterocycles. The van der Waals surface area contributed by atoms with Crippen LogP contribution in [0, 0.1) is 0 Å². The summed E-state index contributed by atoms with van der Waals surface area (Å²) >= 11 is 24.2. The molecule has 1 N–H and O–H groups in total. The predicted molar refractivity (Wildman–Crippen MR) is 129 cm³/mol. The number of nitrogens with one attached hydrogen (secondary N) is 1. The molecule has 0 saturated heterocycles. The molecule has 0 spiro atoms. The van der Waals surface area contributed by atoms with Crippen molar-refractivity contribution in [1.82, 2.24) is 10.2 Å². The fourth-order valence-corrected chi connectivity index (χ4v) is 4.41. The number of nitrogens with zero attached hydrogens (tertiary/aromatic N) is 1. The van der Waals surface area contributed by atoms with Gasteiger partial charge in [-0.05, 0) is 55.7 Å². The molecule has 1 aliphatic rings. The molecule has 1 saturated carbocycles. The summed E-state index contributed by atoms with van der Waals surface area (Å²) in [5.74, 6) is -0.229. The van der Waals surface area contributed by atoms with E-state index >= 15 is 0 Å². The second-order valence-electron chi connectivity index (χ2n) is 7.80. The summed E-state index contributed by atoms with van der Waals surface area (Å²) in [5, 5.41) is 4.61. The molecule has 1 unspecified atom stereocenters. The van der Waals surface area contributed by atoms with E-state index in [4.69, 9.17) is 51.1 Å². The molecule has 3 rings (SSSR count). The van der Waals surface area contributed by atoms with E-state index < -0.39 is 6.04 Å². The van der Waals surface area contributed by atoms with Crippen LogP contribution in [0.1, 0.15) is 38.2 Å². The molecule has 5 nitrogen and oxygen atoms in total. The number of amides is 2. The molecule has 2 aromatic rings. The third-order valence-corrected chi connectivity index (χ3v) is 6.72. The number of hydrogen-bond donors (Lipinski definition) is 1. The van der Waals surface area contributed by atoms with E-state index in [1.54, 1.807) is 37.3 Å². The Hall–Kier alpha value is -1.66. The highest BCUT2D eigenvalue weighted by Gasteiger charge is 2.29. The minimum absolute atomic E-state index is 0.149. The Morgan fingerprint density at radius 3 is 2.41 bits per heavy atom. The lowest BCUT2D eigenvalue weighted by molar-refractivity contribution is -0.142. The van der Waals surface area contributed by atoms with Gasteiger partial charge in [-0.2, -0.15) is 0 Å². The van der Waals surface area contributed by atoms with Crippen molar-refractivity contribution in [3.63, 3.8) is 0 Å². The van der Waals surface area contributed by atoms with Crippen LogP contribution in [-0.2, 0) is 16.1 Å².